The lowest BCUT2D eigenvalue weighted by Crippen LogP contribution is -2.10. The summed E-state index contributed by atoms with van der Waals surface area (Å²) in [6.45, 7) is 3.12. The van der Waals surface area contributed by atoms with Gasteiger partial charge >= 0.3 is 0 Å². The Balaban J connectivity index is 2.31. The van der Waals surface area contributed by atoms with Crippen molar-refractivity contribution in [3.05, 3.63) is 35.5 Å². The largest absolute Gasteiger partial charge is 0.359 e. The lowest BCUT2D eigenvalue weighted by atomic mass is 10.1. The first-order valence-corrected chi connectivity index (χ1v) is 5.02. The van der Waals surface area contributed by atoms with E-state index in [0.717, 1.165) is 13.0 Å². The molecule has 14 heavy (non-hydrogen) atoms. The Morgan fingerprint density at radius 1 is 1.29 bits per heavy atom. The smallest absolute Gasteiger partial charge is 0.0458 e. The molecule has 2 rings (SSSR count). The highest BCUT2D eigenvalue weighted by molar-refractivity contribution is 5.80. The molecule has 0 saturated heterocycles. The zero-order valence-electron chi connectivity index (χ0n) is 8.72. The van der Waals surface area contributed by atoms with Gasteiger partial charge in [-0.2, -0.15) is 0 Å². The second-order valence-electron chi connectivity index (χ2n) is 3.73. The van der Waals surface area contributed by atoms with Gasteiger partial charge in [-0.3, -0.25) is 0 Å². The molecule has 0 aliphatic heterocycles. The summed E-state index contributed by atoms with van der Waals surface area (Å²) < 4.78 is 0. The summed E-state index contributed by atoms with van der Waals surface area (Å²) in [7, 11) is 1.98. The minimum Gasteiger partial charge on any atom is -0.359 e. The van der Waals surface area contributed by atoms with E-state index in [-0.39, 0.29) is 0 Å². The predicted molar refractivity (Wildman–Crippen MR) is 60.7 cm³/mol. The van der Waals surface area contributed by atoms with Gasteiger partial charge in [0, 0.05) is 11.2 Å². The summed E-state index contributed by atoms with van der Waals surface area (Å²) in [4.78, 5) is 3.35. The van der Waals surface area contributed by atoms with E-state index in [1.54, 1.807) is 0 Å². The summed E-state index contributed by atoms with van der Waals surface area (Å²) in [5.74, 6) is 0. The molecule has 0 amide bonds. The van der Waals surface area contributed by atoms with Crippen LogP contribution in [0.1, 0.15) is 11.3 Å². The number of aromatic amines is 1. The van der Waals surface area contributed by atoms with Gasteiger partial charge in [0.2, 0.25) is 0 Å². The Labute approximate surface area is 84.3 Å². The fourth-order valence-corrected chi connectivity index (χ4v) is 1.74. The Hall–Kier alpha value is -1.28. The third kappa shape index (κ3) is 1.80. The van der Waals surface area contributed by atoms with Crippen molar-refractivity contribution in [1.29, 1.82) is 0 Å². The van der Waals surface area contributed by atoms with Crippen molar-refractivity contribution < 1.29 is 0 Å². The summed E-state index contributed by atoms with van der Waals surface area (Å²) >= 11 is 0. The van der Waals surface area contributed by atoms with Crippen LogP contribution in [0.25, 0.3) is 10.9 Å². The van der Waals surface area contributed by atoms with E-state index >= 15 is 0 Å². The normalized spacial score (nSPS) is 11.0. The highest BCUT2D eigenvalue weighted by Crippen LogP contribution is 2.16. The maximum atomic E-state index is 3.35. The molecule has 1 heterocycles. The third-order valence-electron chi connectivity index (χ3n) is 2.49. The second-order valence-corrected chi connectivity index (χ2v) is 3.73. The molecule has 1 aromatic heterocycles. The summed E-state index contributed by atoms with van der Waals surface area (Å²) in [5, 5.41) is 4.46. The average molecular weight is 188 g/mol. The zero-order valence-corrected chi connectivity index (χ0v) is 8.72. The Bertz CT molecular complexity index is 429. The minimum atomic E-state index is 1.03. The fraction of sp³-hybridized carbons (Fsp3) is 0.333. The van der Waals surface area contributed by atoms with Gasteiger partial charge in [-0.15, -0.1) is 0 Å². The number of H-pyrrole nitrogens is 1. The molecule has 1 aromatic carbocycles. The van der Waals surface area contributed by atoms with Crippen LogP contribution in [0.4, 0.5) is 0 Å². The topological polar surface area (TPSA) is 27.8 Å². The van der Waals surface area contributed by atoms with E-state index in [1.165, 1.54) is 22.2 Å². The number of aryl methyl sites for hydroxylation is 1. The summed E-state index contributed by atoms with van der Waals surface area (Å²) in [5.41, 5.74) is 3.86. The number of fused-ring (bicyclic) bond motifs is 1. The van der Waals surface area contributed by atoms with Gasteiger partial charge in [-0.1, -0.05) is 12.1 Å². The minimum absolute atomic E-state index is 1.03. The molecule has 0 atom stereocenters. The van der Waals surface area contributed by atoms with Crippen LogP contribution in [0.2, 0.25) is 0 Å². The molecule has 2 nitrogen and oxygen atoms in total. The predicted octanol–water partition coefficient (Wildman–Crippen LogP) is 2.24. The molecule has 0 radical (unpaired) electrons. The van der Waals surface area contributed by atoms with Crippen LogP contribution < -0.4 is 5.32 Å². The van der Waals surface area contributed by atoms with Crippen LogP contribution in [-0.4, -0.2) is 18.6 Å². The molecular formula is C12H16N2. The van der Waals surface area contributed by atoms with E-state index in [1.807, 2.05) is 7.05 Å². The first kappa shape index (κ1) is 9.28. The molecule has 2 aromatic rings. The third-order valence-corrected chi connectivity index (χ3v) is 2.49. The number of likely N-dealkylation sites (N-methyl/N-ethyl adjacent to an activating group) is 1. The van der Waals surface area contributed by atoms with Gasteiger partial charge in [0.1, 0.15) is 0 Å². The highest BCUT2D eigenvalue weighted by atomic mass is 14.8. The number of aromatic nitrogens is 1. The molecule has 0 aliphatic rings. The van der Waals surface area contributed by atoms with E-state index in [2.05, 4.69) is 41.5 Å². The summed E-state index contributed by atoms with van der Waals surface area (Å²) in [6, 6.07) is 8.80. The molecule has 0 spiro atoms. The van der Waals surface area contributed by atoms with E-state index in [4.69, 9.17) is 0 Å². The first-order valence-electron chi connectivity index (χ1n) is 5.02. The lowest BCUT2D eigenvalue weighted by molar-refractivity contribution is 0.792. The van der Waals surface area contributed by atoms with Crippen molar-refractivity contribution in [2.24, 2.45) is 0 Å². The van der Waals surface area contributed by atoms with Crippen molar-refractivity contribution in [3.63, 3.8) is 0 Å². The summed E-state index contributed by atoms with van der Waals surface area (Å²) in [6.07, 6.45) is 1.09. The Morgan fingerprint density at radius 2 is 2.14 bits per heavy atom. The van der Waals surface area contributed by atoms with Crippen LogP contribution in [0, 0.1) is 6.92 Å². The number of hydrogen-bond acceptors (Lipinski definition) is 1. The van der Waals surface area contributed by atoms with Crippen molar-refractivity contribution >= 4 is 10.9 Å². The fourth-order valence-electron chi connectivity index (χ4n) is 1.74. The van der Waals surface area contributed by atoms with Crippen LogP contribution in [0.5, 0.6) is 0 Å². The molecule has 74 valence electrons. The SMILES string of the molecule is CNCCc1ccc2cc(C)[nH]c2c1. The Morgan fingerprint density at radius 3 is 2.93 bits per heavy atom. The van der Waals surface area contributed by atoms with Crippen LogP contribution in [0.3, 0.4) is 0 Å². The maximum Gasteiger partial charge on any atom is 0.0458 e. The van der Waals surface area contributed by atoms with Crippen LogP contribution >= 0.6 is 0 Å². The molecule has 0 bridgehead atoms. The molecule has 2 heteroatoms. The van der Waals surface area contributed by atoms with Gasteiger partial charge in [0.15, 0.2) is 0 Å². The molecular weight excluding hydrogens is 172 g/mol. The van der Waals surface area contributed by atoms with Gasteiger partial charge < -0.3 is 10.3 Å². The number of rotatable bonds is 3. The molecule has 0 saturated carbocycles. The first-order chi connectivity index (χ1) is 6.79. The molecule has 2 N–H and O–H groups in total. The van der Waals surface area contributed by atoms with E-state index in [9.17, 15) is 0 Å². The molecule has 0 unspecified atom stereocenters. The highest BCUT2D eigenvalue weighted by Gasteiger charge is 1.98. The van der Waals surface area contributed by atoms with E-state index < -0.39 is 0 Å². The second kappa shape index (κ2) is 3.84. The van der Waals surface area contributed by atoms with E-state index in [0.29, 0.717) is 0 Å². The maximum absolute atomic E-state index is 3.35. The van der Waals surface area contributed by atoms with Gasteiger partial charge in [0.05, 0.1) is 0 Å². The quantitative estimate of drug-likeness (QED) is 0.759. The molecule has 0 fully saturated rings. The number of benzene rings is 1. The van der Waals surface area contributed by atoms with Crippen molar-refractivity contribution in [2.45, 2.75) is 13.3 Å². The lowest BCUT2D eigenvalue weighted by Gasteiger charge is -2.00. The van der Waals surface area contributed by atoms with Crippen LogP contribution in [0.15, 0.2) is 24.3 Å². The van der Waals surface area contributed by atoms with Crippen molar-refractivity contribution in [2.75, 3.05) is 13.6 Å². The van der Waals surface area contributed by atoms with Crippen LogP contribution in [-0.2, 0) is 6.42 Å². The standard InChI is InChI=1S/C12H16N2/c1-9-7-11-4-3-10(5-6-13-2)8-12(11)14-9/h3-4,7-8,13-14H,5-6H2,1-2H3. The zero-order chi connectivity index (χ0) is 9.97. The number of nitrogens with one attached hydrogen (secondary N) is 2. The Kier molecular flexibility index (Phi) is 2.55. The van der Waals surface area contributed by atoms with Gasteiger partial charge in [-0.05, 0) is 50.0 Å². The molecule has 0 aliphatic carbocycles. The van der Waals surface area contributed by atoms with Crippen molar-refractivity contribution in [1.82, 2.24) is 10.3 Å². The van der Waals surface area contributed by atoms with Crippen molar-refractivity contribution in [3.8, 4) is 0 Å². The number of hydrogen-bond donors (Lipinski definition) is 2. The average Bonchev–Trinajstić information content (AvgIpc) is 2.54. The van der Waals surface area contributed by atoms with Gasteiger partial charge in [0.25, 0.3) is 0 Å². The monoisotopic (exact) mass is 188 g/mol. The van der Waals surface area contributed by atoms with Gasteiger partial charge in [-0.25, -0.2) is 0 Å².